The summed E-state index contributed by atoms with van der Waals surface area (Å²) in [4.78, 5) is 12.2. The minimum atomic E-state index is -3.87. The van der Waals surface area contributed by atoms with Crippen molar-refractivity contribution in [2.24, 2.45) is 0 Å². The molecule has 0 spiro atoms. The predicted molar refractivity (Wildman–Crippen MR) is 111 cm³/mol. The average Bonchev–Trinajstić information content (AvgIpc) is 2.71. The van der Waals surface area contributed by atoms with E-state index in [1.54, 1.807) is 43.3 Å². The molecule has 3 aromatic rings. The molecular weight excluding hydrogens is 374 g/mol. The lowest BCUT2D eigenvalue weighted by Crippen LogP contribution is -2.32. The predicted octanol–water partition coefficient (Wildman–Crippen LogP) is 4.32. The SMILES string of the molecule is C=CCN(c1cccc(C(=O)OC)c1C)S(=O)(=O)c1ccc2ccccc2c1. The fourth-order valence-corrected chi connectivity index (χ4v) is 4.65. The monoisotopic (exact) mass is 395 g/mol. The first kappa shape index (κ1) is 19.6. The minimum absolute atomic E-state index is 0.0701. The van der Waals surface area contributed by atoms with Gasteiger partial charge in [0, 0.05) is 0 Å². The highest BCUT2D eigenvalue weighted by atomic mass is 32.2. The number of anilines is 1. The van der Waals surface area contributed by atoms with Crippen LogP contribution >= 0.6 is 0 Å². The summed E-state index contributed by atoms with van der Waals surface area (Å²) < 4.78 is 32.9. The normalized spacial score (nSPS) is 11.2. The number of hydrogen-bond donors (Lipinski definition) is 0. The fourth-order valence-electron chi connectivity index (χ4n) is 3.12. The molecule has 0 aliphatic rings. The molecule has 0 saturated heterocycles. The molecule has 0 saturated carbocycles. The lowest BCUT2D eigenvalue weighted by atomic mass is 10.1. The van der Waals surface area contributed by atoms with Crippen LogP contribution in [-0.4, -0.2) is 28.0 Å². The highest BCUT2D eigenvalue weighted by Crippen LogP contribution is 2.30. The van der Waals surface area contributed by atoms with E-state index < -0.39 is 16.0 Å². The van der Waals surface area contributed by atoms with Gasteiger partial charge in [-0.1, -0.05) is 42.5 Å². The van der Waals surface area contributed by atoms with Crippen molar-refractivity contribution < 1.29 is 17.9 Å². The Morgan fingerprint density at radius 2 is 1.79 bits per heavy atom. The molecule has 0 fully saturated rings. The van der Waals surface area contributed by atoms with Gasteiger partial charge < -0.3 is 4.74 Å². The van der Waals surface area contributed by atoms with Gasteiger partial charge in [0.05, 0.1) is 29.8 Å². The number of nitrogens with zero attached hydrogens (tertiary/aromatic N) is 1. The van der Waals surface area contributed by atoms with Crippen molar-refractivity contribution in [3.05, 3.63) is 84.4 Å². The molecule has 0 aliphatic heterocycles. The second-order valence-electron chi connectivity index (χ2n) is 6.28. The van der Waals surface area contributed by atoms with Crippen LogP contribution in [0.25, 0.3) is 10.8 Å². The molecule has 6 heteroatoms. The molecule has 28 heavy (non-hydrogen) atoms. The third kappa shape index (κ3) is 3.51. The molecule has 3 aromatic carbocycles. The van der Waals surface area contributed by atoms with E-state index in [1.807, 2.05) is 24.3 Å². The van der Waals surface area contributed by atoms with Crippen LogP contribution in [0.3, 0.4) is 0 Å². The summed E-state index contributed by atoms with van der Waals surface area (Å²) in [7, 11) is -2.58. The number of sulfonamides is 1. The Morgan fingerprint density at radius 1 is 1.07 bits per heavy atom. The Kier molecular flexibility index (Phi) is 5.51. The first-order valence-electron chi connectivity index (χ1n) is 8.70. The number of ether oxygens (including phenoxy) is 1. The molecule has 0 bridgehead atoms. The molecule has 0 N–H and O–H groups in total. The molecule has 0 aliphatic carbocycles. The van der Waals surface area contributed by atoms with E-state index >= 15 is 0 Å². The van der Waals surface area contributed by atoms with Gasteiger partial charge in [-0.25, -0.2) is 13.2 Å². The summed E-state index contributed by atoms with van der Waals surface area (Å²) in [6, 6.07) is 17.5. The maximum Gasteiger partial charge on any atom is 0.338 e. The molecule has 3 rings (SSSR count). The van der Waals surface area contributed by atoms with Crippen LogP contribution in [0.4, 0.5) is 5.69 Å². The Bertz CT molecular complexity index is 1150. The third-order valence-electron chi connectivity index (χ3n) is 4.58. The first-order chi connectivity index (χ1) is 13.4. The van der Waals surface area contributed by atoms with Crippen LogP contribution < -0.4 is 4.31 Å². The van der Waals surface area contributed by atoms with Crippen molar-refractivity contribution in [3.8, 4) is 0 Å². The van der Waals surface area contributed by atoms with Crippen LogP contribution in [0.1, 0.15) is 15.9 Å². The molecule has 0 unspecified atom stereocenters. The number of rotatable bonds is 6. The van der Waals surface area contributed by atoms with Crippen LogP contribution in [0, 0.1) is 6.92 Å². The zero-order valence-electron chi connectivity index (χ0n) is 15.8. The number of benzene rings is 3. The van der Waals surface area contributed by atoms with E-state index in [-0.39, 0.29) is 11.4 Å². The highest BCUT2D eigenvalue weighted by Gasteiger charge is 2.27. The molecule has 0 radical (unpaired) electrons. The number of fused-ring (bicyclic) bond motifs is 1. The third-order valence-corrected chi connectivity index (χ3v) is 6.36. The van der Waals surface area contributed by atoms with Gasteiger partial charge in [-0.15, -0.1) is 6.58 Å². The van der Waals surface area contributed by atoms with E-state index in [9.17, 15) is 13.2 Å². The number of carbonyl (C=O) groups is 1. The summed E-state index contributed by atoms with van der Waals surface area (Å²) in [6.07, 6.45) is 1.52. The number of esters is 1. The van der Waals surface area contributed by atoms with Gasteiger partial charge in [-0.2, -0.15) is 0 Å². The van der Waals surface area contributed by atoms with Crippen molar-refractivity contribution in [3.63, 3.8) is 0 Å². The second-order valence-corrected chi connectivity index (χ2v) is 8.14. The van der Waals surface area contributed by atoms with Crippen molar-refractivity contribution in [2.45, 2.75) is 11.8 Å². The lowest BCUT2D eigenvalue weighted by Gasteiger charge is -2.25. The van der Waals surface area contributed by atoms with Gasteiger partial charge in [0.2, 0.25) is 0 Å². The van der Waals surface area contributed by atoms with Gasteiger partial charge in [-0.05, 0) is 47.5 Å². The maximum atomic E-state index is 13.4. The molecule has 144 valence electrons. The maximum absolute atomic E-state index is 13.4. The van der Waals surface area contributed by atoms with E-state index in [4.69, 9.17) is 4.74 Å². The van der Waals surface area contributed by atoms with Gasteiger partial charge >= 0.3 is 5.97 Å². The van der Waals surface area contributed by atoms with E-state index in [1.165, 1.54) is 17.5 Å². The number of hydrogen-bond acceptors (Lipinski definition) is 4. The average molecular weight is 395 g/mol. The van der Waals surface area contributed by atoms with Crippen LogP contribution in [-0.2, 0) is 14.8 Å². The zero-order chi connectivity index (χ0) is 20.3. The minimum Gasteiger partial charge on any atom is -0.465 e. The van der Waals surface area contributed by atoms with Gasteiger partial charge in [0.15, 0.2) is 0 Å². The zero-order valence-corrected chi connectivity index (χ0v) is 16.6. The molecular formula is C22H21NO4S. The second kappa shape index (κ2) is 7.86. The smallest absolute Gasteiger partial charge is 0.338 e. The van der Waals surface area contributed by atoms with E-state index in [0.29, 0.717) is 16.8 Å². The Morgan fingerprint density at radius 3 is 2.46 bits per heavy atom. The van der Waals surface area contributed by atoms with E-state index in [2.05, 4.69) is 6.58 Å². The van der Waals surface area contributed by atoms with Crippen LogP contribution in [0.15, 0.2) is 78.2 Å². The van der Waals surface area contributed by atoms with Gasteiger partial charge in [0.1, 0.15) is 0 Å². The fraction of sp³-hybridized carbons (Fsp3) is 0.136. The summed E-state index contributed by atoms with van der Waals surface area (Å²) in [5.41, 5.74) is 1.26. The molecule has 0 amide bonds. The van der Waals surface area contributed by atoms with Crippen molar-refractivity contribution >= 4 is 32.5 Å². The van der Waals surface area contributed by atoms with Crippen LogP contribution in [0.2, 0.25) is 0 Å². The molecule has 0 atom stereocenters. The largest absolute Gasteiger partial charge is 0.465 e. The molecule has 0 heterocycles. The van der Waals surface area contributed by atoms with Crippen molar-refractivity contribution in [1.82, 2.24) is 0 Å². The summed E-state index contributed by atoms with van der Waals surface area (Å²) in [5, 5.41) is 1.79. The standard InChI is InChI=1S/C22H21NO4S/c1-4-14-23(21-11-7-10-20(16(21)2)22(24)27-3)28(25,26)19-13-12-17-8-5-6-9-18(17)15-19/h4-13,15H,1,14H2,2-3H3. The van der Waals surface area contributed by atoms with E-state index in [0.717, 1.165) is 10.8 Å². The summed E-state index contributed by atoms with van der Waals surface area (Å²) >= 11 is 0. The topological polar surface area (TPSA) is 63.7 Å². The number of carbonyl (C=O) groups excluding carboxylic acids is 1. The Labute approximate surface area is 164 Å². The quantitative estimate of drug-likeness (QED) is 0.461. The molecule has 5 nitrogen and oxygen atoms in total. The van der Waals surface area contributed by atoms with Gasteiger partial charge in [0.25, 0.3) is 10.0 Å². The summed E-state index contributed by atoms with van der Waals surface area (Å²) in [5.74, 6) is -0.513. The molecule has 0 aromatic heterocycles. The highest BCUT2D eigenvalue weighted by molar-refractivity contribution is 7.92. The summed E-state index contributed by atoms with van der Waals surface area (Å²) in [6.45, 7) is 5.46. The Balaban J connectivity index is 2.15. The lowest BCUT2D eigenvalue weighted by molar-refractivity contribution is 0.0600. The van der Waals surface area contributed by atoms with Crippen LogP contribution in [0.5, 0.6) is 0 Å². The number of methoxy groups -OCH3 is 1. The van der Waals surface area contributed by atoms with Crippen molar-refractivity contribution in [1.29, 1.82) is 0 Å². The van der Waals surface area contributed by atoms with Gasteiger partial charge in [-0.3, -0.25) is 4.31 Å². The van der Waals surface area contributed by atoms with Crippen molar-refractivity contribution in [2.75, 3.05) is 18.0 Å². The first-order valence-corrected chi connectivity index (χ1v) is 10.1. The Hall–Kier alpha value is -3.12.